The molecule has 0 spiro atoms. The van der Waals surface area contributed by atoms with Crippen molar-refractivity contribution in [1.82, 2.24) is 4.98 Å². The Bertz CT molecular complexity index is 1420. The van der Waals surface area contributed by atoms with Crippen molar-refractivity contribution in [2.75, 3.05) is 10.6 Å². The minimum Gasteiger partial charge on any atom is -0.322 e. The molecule has 0 saturated heterocycles. The second-order valence-corrected chi connectivity index (χ2v) is 10.9. The SMILES string of the molecule is CCC(Sc1cccc(NC(=O)/C=C/c2ccccc2)c1)C(=O)Nc1nc(-c2ccc(Cl)c(Cl)c2)cs1. The van der Waals surface area contributed by atoms with E-state index in [9.17, 15) is 9.59 Å². The second-order valence-electron chi connectivity index (χ2n) is 7.93. The maximum Gasteiger partial charge on any atom is 0.248 e. The van der Waals surface area contributed by atoms with E-state index < -0.39 is 0 Å². The number of hydrogen-bond donors (Lipinski definition) is 2. The van der Waals surface area contributed by atoms with E-state index in [-0.39, 0.29) is 17.1 Å². The number of nitrogens with one attached hydrogen (secondary N) is 2. The van der Waals surface area contributed by atoms with Crippen LogP contribution in [0.4, 0.5) is 10.8 Å². The van der Waals surface area contributed by atoms with Crippen molar-refractivity contribution in [3.63, 3.8) is 0 Å². The average Bonchev–Trinajstić information content (AvgIpc) is 3.37. The maximum atomic E-state index is 13.0. The van der Waals surface area contributed by atoms with Crippen LogP contribution in [0.2, 0.25) is 10.0 Å². The number of hydrogen-bond acceptors (Lipinski definition) is 5. The van der Waals surface area contributed by atoms with Crippen LogP contribution in [-0.2, 0) is 9.59 Å². The van der Waals surface area contributed by atoms with E-state index in [0.717, 1.165) is 16.0 Å². The lowest BCUT2D eigenvalue weighted by Crippen LogP contribution is -2.24. The van der Waals surface area contributed by atoms with Crippen LogP contribution in [-0.4, -0.2) is 22.0 Å². The Balaban J connectivity index is 1.36. The molecular formula is C28H23Cl2N3O2S2. The van der Waals surface area contributed by atoms with Crippen LogP contribution in [0.1, 0.15) is 18.9 Å². The first-order valence-electron chi connectivity index (χ1n) is 11.4. The van der Waals surface area contributed by atoms with Gasteiger partial charge in [0.2, 0.25) is 11.8 Å². The van der Waals surface area contributed by atoms with Crippen LogP contribution in [0.5, 0.6) is 0 Å². The molecule has 1 atom stereocenters. The molecule has 0 bridgehead atoms. The quantitative estimate of drug-likeness (QED) is 0.157. The lowest BCUT2D eigenvalue weighted by Gasteiger charge is -2.14. The highest BCUT2D eigenvalue weighted by molar-refractivity contribution is 8.00. The number of thioether (sulfide) groups is 1. The molecule has 0 saturated carbocycles. The largest absolute Gasteiger partial charge is 0.322 e. The molecule has 1 heterocycles. The van der Waals surface area contributed by atoms with E-state index in [4.69, 9.17) is 23.2 Å². The van der Waals surface area contributed by atoms with Crippen LogP contribution in [0.25, 0.3) is 17.3 Å². The topological polar surface area (TPSA) is 71.1 Å². The average molecular weight is 569 g/mol. The number of halogens is 2. The van der Waals surface area contributed by atoms with Gasteiger partial charge in [0.05, 0.1) is 21.0 Å². The number of benzene rings is 3. The smallest absolute Gasteiger partial charge is 0.248 e. The van der Waals surface area contributed by atoms with E-state index in [2.05, 4.69) is 15.6 Å². The molecule has 4 rings (SSSR count). The van der Waals surface area contributed by atoms with Crippen LogP contribution >= 0.6 is 46.3 Å². The zero-order chi connectivity index (χ0) is 26.2. The number of nitrogens with zero attached hydrogens (tertiary/aromatic N) is 1. The maximum absolute atomic E-state index is 13.0. The van der Waals surface area contributed by atoms with Gasteiger partial charge in [-0.1, -0.05) is 72.6 Å². The van der Waals surface area contributed by atoms with Crippen LogP contribution < -0.4 is 10.6 Å². The van der Waals surface area contributed by atoms with Gasteiger partial charge in [0.15, 0.2) is 5.13 Å². The van der Waals surface area contributed by atoms with Gasteiger partial charge < -0.3 is 10.6 Å². The lowest BCUT2D eigenvalue weighted by molar-refractivity contribution is -0.115. The summed E-state index contributed by atoms with van der Waals surface area (Å²) in [4.78, 5) is 30.7. The van der Waals surface area contributed by atoms with Gasteiger partial charge in [0, 0.05) is 27.6 Å². The number of carbonyl (C=O) groups excluding carboxylic acids is 2. The van der Waals surface area contributed by atoms with Crippen LogP contribution in [0, 0.1) is 0 Å². The highest BCUT2D eigenvalue weighted by Gasteiger charge is 2.20. The minimum absolute atomic E-state index is 0.136. The van der Waals surface area contributed by atoms with Gasteiger partial charge in [-0.15, -0.1) is 23.1 Å². The van der Waals surface area contributed by atoms with Crippen molar-refractivity contribution in [2.45, 2.75) is 23.5 Å². The standard InChI is InChI=1S/C28H23Cl2N3O2S2/c1-2-25(27(35)33-28-32-24(17-36-28)19-12-13-22(29)23(30)15-19)37-21-10-6-9-20(16-21)31-26(34)14-11-18-7-4-3-5-8-18/h3-17,25H,2H2,1H3,(H,31,34)(H,32,33,35)/b14-11+. The van der Waals surface area contributed by atoms with Gasteiger partial charge in [0.1, 0.15) is 0 Å². The number of rotatable bonds is 9. The zero-order valence-corrected chi connectivity index (χ0v) is 22.9. The first-order valence-corrected chi connectivity index (χ1v) is 14.0. The molecule has 5 nitrogen and oxygen atoms in total. The summed E-state index contributed by atoms with van der Waals surface area (Å²) in [6.07, 6.45) is 3.88. The van der Waals surface area contributed by atoms with Gasteiger partial charge in [-0.25, -0.2) is 4.98 Å². The molecule has 9 heteroatoms. The first kappa shape index (κ1) is 26.9. The lowest BCUT2D eigenvalue weighted by atomic mass is 10.2. The number of anilines is 2. The fourth-order valence-corrected chi connectivity index (χ4v) is 5.39. The number of amides is 2. The third-order valence-corrected chi connectivity index (χ3v) is 8.07. The third kappa shape index (κ3) is 7.69. The highest BCUT2D eigenvalue weighted by Crippen LogP contribution is 2.32. The van der Waals surface area contributed by atoms with Gasteiger partial charge in [-0.3, -0.25) is 9.59 Å². The molecule has 4 aromatic rings. The molecule has 0 aliphatic carbocycles. The van der Waals surface area contributed by atoms with E-state index in [0.29, 0.717) is 33.0 Å². The Morgan fingerprint density at radius 1 is 1.00 bits per heavy atom. The Labute approximate surface area is 233 Å². The Morgan fingerprint density at radius 2 is 1.81 bits per heavy atom. The number of carbonyl (C=O) groups is 2. The van der Waals surface area contributed by atoms with Crippen LogP contribution in [0.3, 0.4) is 0 Å². The molecule has 188 valence electrons. The normalized spacial score (nSPS) is 11.9. The molecule has 37 heavy (non-hydrogen) atoms. The molecule has 0 radical (unpaired) electrons. The molecule has 1 aromatic heterocycles. The van der Waals surface area contributed by atoms with E-state index >= 15 is 0 Å². The summed E-state index contributed by atoms with van der Waals surface area (Å²) in [5.41, 5.74) is 3.15. The fraction of sp³-hybridized carbons (Fsp3) is 0.107. The number of thiazole rings is 1. The Kier molecular flexibility index (Phi) is 9.41. The van der Waals surface area contributed by atoms with Crippen molar-refractivity contribution in [3.8, 4) is 11.3 Å². The van der Waals surface area contributed by atoms with Gasteiger partial charge in [-0.2, -0.15) is 0 Å². The molecular weight excluding hydrogens is 545 g/mol. The van der Waals surface area contributed by atoms with Crippen molar-refractivity contribution in [2.24, 2.45) is 0 Å². The van der Waals surface area contributed by atoms with Crippen LogP contribution in [0.15, 0.2) is 89.1 Å². The van der Waals surface area contributed by atoms with Gasteiger partial charge >= 0.3 is 0 Å². The van der Waals surface area contributed by atoms with Crippen molar-refractivity contribution in [1.29, 1.82) is 0 Å². The molecule has 0 aliphatic heterocycles. The Morgan fingerprint density at radius 3 is 2.57 bits per heavy atom. The first-order chi connectivity index (χ1) is 17.9. The summed E-state index contributed by atoms with van der Waals surface area (Å²) in [5, 5.41) is 8.76. The van der Waals surface area contributed by atoms with Crippen molar-refractivity contribution in [3.05, 3.63) is 99.9 Å². The molecule has 2 amide bonds. The molecule has 0 fully saturated rings. The Hall–Kier alpha value is -3.10. The summed E-state index contributed by atoms with van der Waals surface area (Å²) in [5.74, 6) is -0.361. The molecule has 0 aliphatic rings. The van der Waals surface area contributed by atoms with Gasteiger partial charge in [-0.05, 0) is 48.4 Å². The summed E-state index contributed by atoms with van der Waals surface area (Å²) in [7, 11) is 0. The van der Waals surface area contributed by atoms with E-state index in [1.165, 1.54) is 29.2 Å². The molecule has 2 N–H and O–H groups in total. The minimum atomic E-state index is -0.332. The monoisotopic (exact) mass is 567 g/mol. The molecule has 1 unspecified atom stereocenters. The van der Waals surface area contributed by atoms with E-state index in [1.54, 1.807) is 18.2 Å². The zero-order valence-electron chi connectivity index (χ0n) is 19.8. The fourth-order valence-electron chi connectivity index (χ4n) is 3.36. The second kappa shape index (κ2) is 12.9. The molecule has 3 aromatic carbocycles. The van der Waals surface area contributed by atoms with Crippen molar-refractivity contribution < 1.29 is 9.59 Å². The van der Waals surface area contributed by atoms with Gasteiger partial charge in [0.25, 0.3) is 0 Å². The highest BCUT2D eigenvalue weighted by atomic mass is 35.5. The summed E-state index contributed by atoms with van der Waals surface area (Å²) in [6.45, 7) is 1.96. The predicted octanol–water partition coefficient (Wildman–Crippen LogP) is 8.28. The van der Waals surface area contributed by atoms with E-state index in [1.807, 2.05) is 73.0 Å². The predicted molar refractivity (Wildman–Crippen MR) is 157 cm³/mol. The summed E-state index contributed by atoms with van der Waals surface area (Å²) >= 11 is 14.9. The number of aromatic nitrogens is 1. The summed E-state index contributed by atoms with van der Waals surface area (Å²) in [6, 6.07) is 22.4. The summed E-state index contributed by atoms with van der Waals surface area (Å²) < 4.78 is 0. The third-order valence-electron chi connectivity index (χ3n) is 5.22. The van der Waals surface area contributed by atoms with Crippen molar-refractivity contribution >= 4 is 75.0 Å².